The number of nitrogens with one attached hydrogen (secondary N) is 1. The Bertz CT molecular complexity index is 1350. The number of nitrogens with zero attached hydrogens (tertiary/aromatic N) is 4. The molecule has 1 aromatic carbocycles. The summed E-state index contributed by atoms with van der Waals surface area (Å²) in [4.78, 5) is 54.5. The molecule has 2 heterocycles. The molecule has 11 heteroatoms. The van der Waals surface area contributed by atoms with E-state index in [9.17, 15) is 19.2 Å². The average Bonchev–Trinajstić information content (AvgIpc) is 2.87. The summed E-state index contributed by atoms with van der Waals surface area (Å²) in [6.45, 7) is 4.70. The van der Waals surface area contributed by atoms with Crippen LogP contribution in [0.3, 0.4) is 0 Å². The number of aromatic nitrogens is 4. The first kappa shape index (κ1) is 26.5. The Morgan fingerprint density at radius 2 is 1.75 bits per heavy atom. The third-order valence-corrected chi connectivity index (χ3v) is 5.60. The Morgan fingerprint density at radius 1 is 1.03 bits per heavy atom. The largest absolute Gasteiger partial charge is 0.492 e. The molecular formula is C25H32N6O5. The van der Waals surface area contributed by atoms with E-state index in [-0.39, 0.29) is 36.9 Å². The van der Waals surface area contributed by atoms with E-state index in [0.717, 1.165) is 17.5 Å². The number of unbranched alkanes of at least 4 members (excludes halogenated alkanes) is 2. The fourth-order valence-electron chi connectivity index (χ4n) is 3.64. The van der Waals surface area contributed by atoms with Crippen LogP contribution in [-0.4, -0.2) is 38.4 Å². The molecule has 0 saturated heterocycles. The molecule has 36 heavy (non-hydrogen) atoms. The molecule has 0 aliphatic carbocycles. The van der Waals surface area contributed by atoms with E-state index in [1.807, 2.05) is 32.0 Å². The van der Waals surface area contributed by atoms with E-state index in [0.29, 0.717) is 25.1 Å². The van der Waals surface area contributed by atoms with Crippen LogP contribution in [0.2, 0.25) is 0 Å². The van der Waals surface area contributed by atoms with Crippen molar-refractivity contribution < 1.29 is 9.53 Å². The van der Waals surface area contributed by atoms with Gasteiger partial charge in [0.05, 0.1) is 6.54 Å². The number of ether oxygens (including phenoxy) is 1. The topological polar surface area (TPSA) is 145 Å². The standard InChI is InChI=1S/C25H32N6O5/c1-3-5-14-29(21-22(26)30(15-6-4-2)25(35)27-23(21)33)24(34)19-12-13-20(32)31(28-19)16-17-36-18-10-8-7-9-11-18/h7-13H,3-6,14-17,26H2,1-2H3,(H,27,33,35). The van der Waals surface area contributed by atoms with Crippen molar-refractivity contribution in [2.45, 2.75) is 52.6 Å². The first-order valence-corrected chi connectivity index (χ1v) is 12.1. The molecule has 0 spiro atoms. The van der Waals surface area contributed by atoms with Crippen LogP contribution < -0.4 is 32.2 Å². The number of nitrogen functional groups attached to an aromatic ring is 1. The molecule has 0 aliphatic heterocycles. The van der Waals surface area contributed by atoms with Gasteiger partial charge in [-0.25, -0.2) is 9.48 Å². The summed E-state index contributed by atoms with van der Waals surface area (Å²) < 4.78 is 8.04. The second kappa shape index (κ2) is 12.5. The molecule has 0 fully saturated rings. The van der Waals surface area contributed by atoms with Gasteiger partial charge in [0.1, 0.15) is 23.9 Å². The maximum atomic E-state index is 13.5. The van der Waals surface area contributed by atoms with Gasteiger partial charge in [0.2, 0.25) is 0 Å². The third kappa shape index (κ3) is 6.29. The summed E-state index contributed by atoms with van der Waals surface area (Å²) in [5, 5.41) is 4.22. The number of para-hydroxylation sites is 1. The highest BCUT2D eigenvalue weighted by Crippen LogP contribution is 2.20. The van der Waals surface area contributed by atoms with Gasteiger partial charge in [0.25, 0.3) is 17.0 Å². The number of hydrogen-bond donors (Lipinski definition) is 2. The lowest BCUT2D eigenvalue weighted by molar-refractivity contribution is 0.0978. The van der Waals surface area contributed by atoms with Crippen molar-refractivity contribution in [2.75, 3.05) is 23.8 Å². The third-order valence-electron chi connectivity index (χ3n) is 5.60. The van der Waals surface area contributed by atoms with E-state index < -0.39 is 22.7 Å². The van der Waals surface area contributed by atoms with Gasteiger partial charge < -0.3 is 10.5 Å². The predicted octanol–water partition coefficient (Wildman–Crippen LogP) is 2.00. The molecule has 0 bridgehead atoms. The van der Waals surface area contributed by atoms with E-state index in [1.165, 1.54) is 21.6 Å². The molecule has 1 amide bonds. The van der Waals surface area contributed by atoms with Gasteiger partial charge in [-0.3, -0.25) is 28.8 Å². The van der Waals surface area contributed by atoms with Crippen molar-refractivity contribution in [3.8, 4) is 5.75 Å². The van der Waals surface area contributed by atoms with Crippen molar-refractivity contribution in [1.82, 2.24) is 19.3 Å². The Balaban J connectivity index is 1.93. The molecule has 3 N–H and O–H groups in total. The van der Waals surface area contributed by atoms with Crippen molar-refractivity contribution in [3.63, 3.8) is 0 Å². The van der Waals surface area contributed by atoms with Crippen molar-refractivity contribution >= 4 is 17.4 Å². The lowest BCUT2D eigenvalue weighted by atomic mass is 10.2. The number of nitrogens with two attached hydrogens (primary N) is 1. The summed E-state index contributed by atoms with van der Waals surface area (Å²) in [6.07, 6.45) is 2.83. The highest BCUT2D eigenvalue weighted by atomic mass is 16.5. The minimum absolute atomic E-state index is 0.0319. The van der Waals surface area contributed by atoms with Gasteiger partial charge in [0.15, 0.2) is 5.69 Å². The summed E-state index contributed by atoms with van der Waals surface area (Å²) >= 11 is 0. The fourth-order valence-corrected chi connectivity index (χ4v) is 3.64. The number of carbonyl (C=O) groups excluding carboxylic acids is 1. The van der Waals surface area contributed by atoms with Crippen molar-refractivity contribution in [3.05, 3.63) is 79.4 Å². The number of aromatic amines is 1. The van der Waals surface area contributed by atoms with Crippen LogP contribution in [0.25, 0.3) is 0 Å². The van der Waals surface area contributed by atoms with E-state index in [1.54, 1.807) is 12.1 Å². The Hall–Kier alpha value is -4.15. The maximum Gasteiger partial charge on any atom is 0.330 e. The van der Waals surface area contributed by atoms with Crippen LogP contribution in [0.1, 0.15) is 50.0 Å². The number of amides is 1. The summed E-state index contributed by atoms with van der Waals surface area (Å²) in [6, 6.07) is 11.7. The van der Waals surface area contributed by atoms with Crippen LogP contribution >= 0.6 is 0 Å². The number of anilines is 2. The van der Waals surface area contributed by atoms with Crippen LogP contribution in [0, 0.1) is 0 Å². The van der Waals surface area contributed by atoms with E-state index >= 15 is 0 Å². The number of rotatable bonds is 12. The fraction of sp³-hybridized carbons (Fsp3) is 0.400. The molecule has 0 aliphatic rings. The van der Waals surface area contributed by atoms with Crippen LogP contribution in [0.15, 0.2) is 56.8 Å². The molecule has 0 unspecified atom stereocenters. The highest BCUT2D eigenvalue weighted by Gasteiger charge is 2.26. The molecule has 3 aromatic rings. The van der Waals surface area contributed by atoms with Crippen LogP contribution in [0.4, 0.5) is 11.5 Å². The summed E-state index contributed by atoms with van der Waals surface area (Å²) in [5.41, 5.74) is 4.35. The number of hydrogen-bond acceptors (Lipinski definition) is 7. The molecule has 0 atom stereocenters. The first-order chi connectivity index (χ1) is 17.4. The first-order valence-electron chi connectivity index (χ1n) is 12.1. The van der Waals surface area contributed by atoms with Crippen LogP contribution in [-0.2, 0) is 13.1 Å². The monoisotopic (exact) mass is 496 g/mol. The lowest BCUT2D eigenvalue weighted by Gasteiger charge is -2.24. The molecule has 0 saturated carbocycles. The predicted molar refractivity (Wildman–Crippen MR) is 138 cm³/mol. The molecule has 2 aromatic heterocycles. The molecule has 192 valence electrons. The summed E-state index contributed by atoms with van der Waals surface area (Å²) in [7, 11) is 0. The molecule has 11 nitrogen and oxygen atoms in total. The average molecular weight is 497 g/mol. The van der Waals surface area contributed by atoms with Gasteiger partial charge >= 0.3 is 5.69 Å². The maximum absolute atomic E-state index is 13.5. The van der Waals surface area contributed by atoms with Crippen molar-refractivity contribution in [1.29, 1.82) is 0 Å². The Morgan fingerprint density at radius 3 is 2.44 bits per heavy atom. The molecule has 0 radical (unpaired) electrons. The molecule has 3 rings (SSSR count). The number of H-pyrrole nitrogens is 1. The number of benzene rings is 1. The number of carbonyl (C=O) groups is 1. The molecular weight excluding hydrogens is 464 g/mol. The minimum Gasteiger partial charge on any atom is -0.492 e. The highest BCUT2D eigenvalue weighted by molar-refractivity contribution is 6.05. The SMILES string of the molecule is CCCCN(C(=O)c1ccc(=O)n(CCOc2ccccc2)n1)c1c(N)n(CCCC)c(=O)[nH]c1=O. The Kier molecular flexibility index (Phi) is 9.20. The van der Waals surface area contributed by atoms with E-state index in [2.05, 4.69) is 10.1 Å². The van der Waals surface area contributed by atoms with Gasteiger partial charge in [-0.15, -0.1) is 0 Å². The minimum atomic E-state index is -0.751. The van der Waals surface area contributed by atoms with Gasteiger partial charge in [-0.05, 0) is 31.0 Å². The van der Waals surface area contributed by atoms with Gasteiger partial charge in [0, 0.05) is 19.2 Å². The second-order valence-corrected chi connectivity index (χ2v) is 8.25. The second-order valence-electron chi connectivity index (χ2n) is 8.25. The zero-order chi connectivity index (χ0) is 26.1. The van der Waals surface area contributed by atoms with Crippen molar-refractivity contribution in [2.24, 2.45) is 0 Å². The van der Waals surface area contributed by atoms with Gasteiger partial charge in [-0.2, -0.15) is 5.10 Å². The zero-order valence-electron chi connectivity index (χ0n) is 20.6. The summed E-state index contributed by atoms with van der Waals surface area (Å²) in [5.74, 6) is -0.0262. The zero-order valence-corrected chi connectivity index (χ0v) is 20.6. The van der Waals surface area contributed by atoms with Gasteiger partial charge in [-0.1, -0.05) is 44.9 Å². The normalized spacial score (nSPS) is 10.8. The van der Waals surface area contributed by atoms with E-state index in [4.69, 9.17) is 10.5 Å². The van der Waals surface area contributed by atoms with Crippen LogP contribution in [0.5, 0.6) is 5.75 Å². The lowest BCUT2D eigenvalue weighted by Crippen LogP contribution is -2.42. The quantitative estimate of drug-likeness (QED) is 0.390. The Labute approximate surface area is 208 Å². The smallest absolute Gasteiger partial charge is 0.330 e.